The molecule has 0 saturated carbocycles. The van der Waals surface area contributed by atoms with Gasteiger partial charge in [-0.2, -0.15) is 0 Å². The van der Waals surface area contributed by atoms with Crippen molar-refractivity contribution < 1.29 is 4.79 Å². The summed E-state index contributed by atoms with van der Waals surface area (Å²) in [7, 11) is 0. The molecule has 1 fully saturated rings. The minimum atomic E-state index is 0. The van der Waals surface area contributed by atoms with Crippen LogP contribution in [0.5, 0.6) is 0 Å². The van der Waals surface area contributed by atoms with Gasteiger partial charge in [-0.05, 0) is 25.0 Å². The zero-order valence-corrected chi connectivity index (χ0v) is 11.7. The number of hydrogen-bond donors (Lipinski definition) is 1. The van der Waals surface area contributed by atoms with Gasteiger partial charge in [0, 0.05) is 43.6 Å². The third-order valence-electron chi connectivity index (χ3n) is 3.17. The van der Waals surface area contributed by atoms with Crippen LogP contribution in [0.2, 0.25) is 0 Å². The molecule has 1 atom stereocenters. The molecule has 100 valence electrons. The molecule has 2 rings (SSSR count). The van der Waals surface area contributed by atoms with Gasteiger partial charge in [0.1, 0.15) is 0 Å². The van der Waals surface area contributed by atoms with E-state index in [9.17, 15) is 4.79 Å². The smallest absolute Gasteiger partial charge is 0.254 e. The highest BCUT2D eigenvalue weighted by molar-refractivity contribution is 5.95. The third kappa shape index (κ3) is 3.21. The fourth-order valence-electron chi connectivity index (χ4n) is 2.20. The minimum Gasteiger partial charge on any atom is -0.336 e. The van der Waals surface area contributed by atoms with E-state index in [0.29, 0.717) is 6.04 Å². The van der Waals surface area contributed by atoms with E-state index >= 15 is 0 Å². The van der Waals surface area contributed by atoms with Crippen molar-refractivity contribution in [3.63, 3.8) is 0 Å². The van der Waals surface area contributed by atoms with Gasteiger partial charge in [0.05, 0.1) is 0 Å². The number of hydrogen-bond acceptors (Lipinski definition) is 3. The van der Waals surface area contributed by atoms with Crippen molar-refractivity contribution in [1.29, 1.82) is 0 Å². The van der Waals surface area contributed by atoms with Gasteiger partial charge in [0.15, 0.2) is 0 Å². The number of nitrogens with one attached hydrogen (secondary N) is 1. The van der Waals surface area contributed by atoms with Gasteiger partial charge in [0.25, 0.3) is 5.91 Å². The maximum atomic E-state index is 12.4. The molecule has 18 heavy (non-hydrogen) atoms. The number of aromatic nitrogens is 1. The highest BCUT2D eigenvalue weighted by atomic mass is 35.5. The Morgan fingerprint density at radius 3 is 3.06 bits per heavy atom. The molecule has 4 nitrogen and oxygen atoms in total. The van der Waals surface area contributed by atoms with Gasteiger partial charge in [-0.1, -0.05) is 6.92 Å². The van der Waals surface area contributed by atoms with Crippen molar-refractivity contribution in [2.45, 2.75) is 26.3 Å². The van der Waals surface area contributed by atoms with Crippen LogP contribution < -0.4 is 5.32 Å². The average molecular weight is 270 g/mol. The summed E-state index contributed by atoms with van der Waals surface area (Å²) >= 11 is 0. The van der Waals surface area contributed by atoms with Crippen molar-refractivity contribution in [2.75, 3.05) is 19.6 Å². The zero-order chi connectivity index (χ0) is 12.3. The fraction of sp³-hybridized carbons (Fsp3) is 0.538. The first-order chi connectivity index (χ1) is 8.22. The van der Waals surface area contributed by atoms with Crippen molar-refractivity contribution >= 4 is 18.3 Å². The van der Waals surface area contributed by atoms with Crippen LogP contribution >= 0.6 is 12.4 Å². The second kappa shape index (κ2) is 6.71. The van der Waals surface area contributed by atoms with Crippen LogP contribution in [0.25, 0.3) is 0 Å². The molecule has 1 saturated heterocycles. The van der Waals surface area contributed by atoms with Gasteiger partial charge in [-0.15, -0.1) is 12.4 Å². The van der Waals surface area contributed by atoms with Gasteiger partial charge in [-0.25, -0.2) is 0 Å². The Bertz CT molecular complexity index is 411. The van der Waals surface area contributed by atoms with Gasteiger partial charge in [0.2, 0.25) is 0 Å². The van der Waals surface area contributed by atoms with E-state index in [2.05, 4.69) is 17.2 Å². The highest BCUT2D eigenvalue weighted by Crippen LogP contribution is 2.12. The van der Waals surface area contributed by atoms with Crippen molar-refractivity contribution in [3.8, 4) is 0 Å². The van der Waals surface area contributed by atoms with Crippen LogP contribution in [0.1, 0.15) is 29.8 Å². The molecule has 2 heterocycles. The molecule has 1 amide bonds. The molecule has 0 aliphatic carbocycles. The lowest BCUT2D eigenvalue weighted by Crippen LogP contribution is -2.51. The van der Waals surface area contributed by atoms with Crippen molar-refractivity contribution in [2.24, 2.45) is 0 Å². The van der Waals surface area contributed by atoms with Crippen molar-refractivity contribution in [1.82, 2.24) is 15.2 Å². The lowest BCUT2D eigenvalue weighted by Gasteiger charge is -2.32. The third-order valence-corrected chi connectivity index (χ3v) is 3.17. The van der Waals surface area contributed by atoms with E-state index in [0.717, 1.165) is 37.2 Å². The van der Waals surface area contributed by atoms with Crippen molar-refractivity contribution in [3.05, 3.63) is 29.6 Å². The number of halogens is 1. The summed E-state index contributed by atoms with van der Waals surface area (Å²) in [5.41, 5.74) is 1.83. The fourth-order valence-corrected chi connectivity index (χ4v) is 2.20. The first-order valence-corrected chi connectivity index (χ1v) is 6.18. The Kier molecular flexibility index (Phi) is 5.56. The number of piperazine rings is 1. The van der Waals surface area contributed by atoms with E-state index in [1.54, 1.807) is 12.4 Å². The minimum absolute atomic E-state index is 0. The monoisotopic (exact) mass is 269 g/mol. The molecule has 0 radical (unpaired) electrons. The Labute approximate surface area is 114 Å². The Morgan fingerprint density at radius 2 is 2.39 bits per heavy atom. The lowest BCUT2D eigenvalue weighted by molar-refractivity contribution is 0.0708. The standard InChI is InChI=1S/C13H19N3O.ClH/c1-3-11-8-14-5-4-12(11)13(17)16-7-6-15-10(2)9-16;/h4-5,8,10,15H,3,6-7,9H2,1-2H3;1H/t10-;/m1./s1. The van der Waals surface area contributed by atoms with Crippen LogP contribution in [-0.4, -0.2) is 41.5 Å². The SMILES string of the molecule is CCc1cnccc1C(=O)N1CCN[C@H](C)C1.Cl. The predicted octanol–water partition coefficient (Wildman–Crippen LogP) is 1.50. The van der Waals surface area contributed by atoms with Crippen LogP contribution in [0.4, 0.5) is 0 Å². The lowest BCUT2D eigenvalue weighted by atomic mass is 10.1. The maximum absolute atomic E-state index is 12.4. The van der Waals surface area contributed by atoms with E-state index in [4.69, 9.17) is 0 Å². The summed E-state index contributed by atoms with van der Waals surface area (Å²) < 4.78 is 0. The van der Waals surface area contributed by atoms with Gasteiger partial charge >= 0.3 is 0 Å². The number of carbonyl (C=O) groups is 1. The van der Waals surface area contributed by atoms with Crippen LogP contribution in [-0.2, 0) is 6.42 Å². The molecule has 0 bridgehead atoms. The number of amides is 1. The molecule has 0 unspecified atom stereocenters. The van der Waals surface area contributed by atoms with E-state index in [-0.39, 0.29) is 18.3 Å². The summed E-state index contributed by atoms with van der Waals surface area (Å²) in [6.45, 7) is 6.60. The summed E-state index contributed by atoms with van der Waals surface area (Å²) in [4.78, 5) is 18.4. The van der Waals surface area contributed by atoms with E-state index in [1.807, 2.05) is 17.9 Å². The molecule has 0 spiro atoms. The predicted molar refractivity (Wildman–Crippen MR) is 74.2 cm³/mol. The first-order valence-electron chi connectivity index (χ1n) is 6.18. The number of pyridine rings is 1. The number of aryl methyl sites for hydroxylation is 1. The zero-order valence-electron chi connectivity index (χ0n) is 10.8. The molecule has 1 aliphatic heterocycles. The average Bonchev–Trinajstić information content (AvgIpc) is 2.38. The molecule has 1 aromatic rings. The number of rotatable bonds is 2. The van der Waals surface area contributed by atoms with Gasteiger partial charge in [-0.3, -0.25) is 9.78 Å². The molecule has 1 N–H and O–H groups in total. The maximum Gasteiger partial charge on any atom is 0.254 e. The molecular formula is C13H20ClN3O. The molecule has 1 aromatic heterocycles. The number of carbonyl (C=O) groups excluding carboxylic acids is 1. The Morgan fingerprint density at radius 1 is 1.61 bits per heavy atom. The Balaban J connectivity index is 0.00000162. The normalized spacial score (nSPS) is 19.2. The highest BCUT2D eigenvalue weighted by Gasteiger charge is 2.22. The molecule has 1 aliphatic rings. The first kappa shape index (κ1) is 14.9. The van der Waals surface area contributed by atoms with Gasteiger partial charge < -0.3 is 10.2 Å². The van der Waals surface area contributed by atoms with E-state index < -0.39 is 0 Å². The van der Waals surface area contributed by atoms with Crippen LogP contribution in [0.15, 0.2) is 18.5 Å². The molecule has 0 aromatic carbocycles. The summed E-state index contributed by atoms with van der Waals surface area (Å²) in [5, 5.41) is 3.34. The second-order valence-corrected chi connectivity index (χ2v) is 4.49. The van der Waals surface area contributed by atoms with Crippen LogP contribution in [0.3, 0.4) is 0 Å². The Hall–Kier alpha value is -1.13. The second-order valence-electron chi connectivity index (χ2n) is 4.49. The molecule has 5 heteroatoms. The number of nitrogens with zero attached hydrogens (tertiary/aromatic N) is 2. The van der Waals surface area contributed by atoms with E-state index in [1.165, 1.54) is 0 Å². The largest absolute Gasteiger partial charge is 0.336 e. The molecular weight excluding hydrogens is 250 g/mol. The quantitative estimate of drug-likeness (QED) is 0.885. The van der Waals surface area contributed by atoms with Crippen LogP contribution in [0, 0.1) is 0 Å². The topological polar surface area (TPSA) is 45.2 Å². The summed E-state index contributed by atoms with van der Waals surface area (Å²) in [6.07, 6.45) is 4.33. The summed E-state index contributed by atoms with van der Waals surface area (Å²) in [5.74, 6) is 0.137. The summed E-state index contributed by atoms with van der Waals surface area (Å²) in [6, 6.07) is 2.20.